The van der Waals surface area contributed by atoms with Crippen LogP contribution in [0.5, 0.6) is 0 Å². The molecule has 21 heavy (non-hydrogen) atoms. The molecule has 1 atom stereocenters. The Kier molecular flexibility index (Phi) is 5.98. The smallest absolute Gasteiger partial charge is 0.317 e. The van der Waals surface area contributed by atoms with E-state index in [1.54, 1.807) is 11.9 Å². The molecule has 2 amide bonds. The average Bonchev–Trinajstić information content (AvgIpc) is 3.14. The molecule has 7 nitrogen and oxygen atoms in total. The van der Waals surface area contributed by atoms with Gasteiger partial charge in [-0.15, -0.1) is 0 Å². The Hall–Kier alpha value is -1.63. The fraction of sp³-hybridized carbons (Fsp3) is 0.786. The van der Waals surface area contributed by atoms with Gasteiger partial charge in [-0.25, -0.2) is 4.79 Å². The zero-order valence-corrected chi connectivity index (χ0v) is 12.8. The largest absolute Gasteiger partial charge is 0.381 e. The average molecular weight is 296 g/mol. The number of urea groups is 1. The molecule has 0 aliphatic carbocycles. The molecule has 1 fully saturated rings. The molecule has 118 valence electrons. The van der Waals surface area contributed by atoms with Crippen molar-refractivity contribution in [3.63, 3.8) is 0 Å². The maximum Gasteiger partial charge on any atom is 0.317 e. The summed E-state index contributed by atoms with van der Waals surface area (Å²) in [6.45, 7) is 4.73. The number of rotatable bonds is 7. The van der Waals surface area contributed by atoms with Crippen molar-refractivity contribution in [1.82, 2.24) is 20.4 Å². The zero-order valence-electron chi connectivity index (χ0n) is 12.8. The molecule has 0 spiro atoms. The first-order valence-electron chi connectivity index (χ1n) is 7.57. The molecule has 2 rings (SSSR count). The van der Waals surface area contributed by atoms with Crippen molar-refractivity contribution in [2.45, 2.75) is 39.2 Å². The number of carbonyl (C=O) groups is 1. The number of nitrogens with zero attached hydrogens (tertiary/aromatic N) is 3. The summed E-state index contributed by atoms with van der Waals surface area (Å²) in [4.78, 5) is 17.7. The van der Waals surface area contributed by atoms with Crippen molar-refractivity contribution in [3.05, 3.63) is 11.7 Å². The van der Waals surface area contributed by atoms with Crippen LogP contribution in [0.4, 0.5) is 4.79 Å². The molecule has 7 heteroatoms. The van der Waals surface area contributed by atoms with Crippen molar-refractivity contribution in [2.75, 3.05) is 26.8 Å². The van der Waals surface area contributed by atoms with Crippen LogP contribution in [0.1, 0.15) is 37.9 Å². The number of hydrogen-bond acceptors (Lipinski definition) is 5. The van der Waals surface area contributed by atoms with E-state index in [9.17, 15) is 4.79 Å². The monoisotopic (exact) mass is 296 g/mol. The van der Waals surface area contributed by atoms with Crippen LogP contribution >= 0.6 is 0 Å². The number of carbonyl (C=O) groups excluding carboxylic acids is 1. The highest BCUT2D eigenvalue weighted by atomic mass is 16.5. The number of aromatic nitrogens is 2. The Bertz CT molecular complexity index is 443. The third-order valence-corrected chi connectivity index (χ3v) is 3.63. The second-order valence-corrected chi connectivity index (χ2v) is 5.42. The lowest BCUT2D eigenvalue weighted by atomic mass is 10.0. The summed E-state index contributed by atoms with van der Waals surface area (Å²) in [5.74, 6) is 1.79. The molecule has 1 aromatic heterocycles. The van der Waals surface area contributed by atoms with Gasteiger partial charge in [0.05, 0.1) is 6.54 Å². The number of aryl methyl sites for hydroxylation is 1. The summed E-state index contributed by atoms with van der Waals surface area (Å²) in [6.07, 6.45) is 3.93. The SMILES string of the molecule is CCc1nc(CN(C)C(=O)NCCCC2CCOC2)no1. The van der Waals surface area contributed by atoms with E-state index >= 15 is 0 Å². The van der Waals surface area contributed by atoms with Gasteiger partial charge in [-0.3, -0.25) is 0 Å². The fourth-order valence-electron chi connectivity index (χ4n) is 2.31. The third-order valence-electron chi connectivity index (χ3n) is 3.63. The summed E-state index contributed by atoms with van der Waals surface area (Å²) in [5.41, 5.74) is 0. The van der Waals surface area contributed by atoms with Gasteiger partial charge in [-0.1, -0.05) is 12.1 Å². The quantitative estimate of drug-likeness (QED) is 0.773. The zero-order chi connectivity index (χ0) is 15.1. The summed E-state index contributed by atoms with van der Waals surface area (Å²) < 4.78 is 10.4. The van der Waals surface area contributed by atoms with E-state index in [2.05, 4.69) is 15.5 Å². The fourth-order valence-corrected chi connectivity index (χ4v) is 2.31. The van der Waals surface area contributed by atoms with E-state index in [0.717, 1.165) is 32.5 Å². The van der Waals surface area contributed by atoms with Crippen LogP contribution in [-0.2, 0) is 17.7 Å². The van der Waals surface area contributed by atoms with Crippen molar-refractivity contribution in [3.8, 4) is 0 Å². The summed E-state index contributed by atoms with van der Waals surface area (Å²) >= 11 is 0. The number of ether oxygens (including phenoxy) is 1. The summed E-state index contributed by atoms with van der Waals surface area (Å²) in [6, 6.07) is -0.111. The van der Waals surface area contributed by atoms with Crippen molar-refractivity contribution in [1.29, 1.82) is 0 Å². The van der Waals surface area contributed by atoms with Gasteiger partial charge in [0.25, 0.3) is 0 Å². The van der Waals surface area contributed by atoms with Gasteiger partial charge in [-0.2, -0.15) is 4.98 Å². The van der Waals surface area contributed by atoms with Crippen molar-refractivity contribution >= 4 is 6.03 Å². The van der Waals surface area contributed by atoms with Crippen LogP contribution in [0.2, 0.25) is 0 Å². The topological polar surface area (TPSA) is 80.5 Å². The van der Waals surface area contributed by atoms with E-state index in [-0.39, 0.29) is 6.03 Å². The molecule has 0 bridgehead atoms. The molecule has 1 aliphatic heterocycles. The molecule has 1 N–H and O–H groups in total. The predicted octanol–water partition coefficient (Wildman–Crippen LogP) is 1.59. The van der Waals surface area contributed by atoms with Gasteiger partial charge in [0, 0.05) is 33.2 Å². The predicted molar refractivity (Wildman–Crippen MR) is 76.7 cm³/mol. The first-order chi connectivity index (χ1) is 10.2. The lowest BCUT2D eigenvalue weighted by Crippen LogP contribution is -2.37. The molecule has 1 aliphatic rings. The van der Waals surface area contributed by atoms with Gasteiger partial charge in [0.2, 0.25) is 5.89 Å². The van der Waals surface area contributed by atoms with Crippen molar-refractivity contribution in [2.24, 2.45) is 5.92 Å². The van der Waals surface area contributed by atoms with E-state index < -0.39 is 0 Å². The Morgan fingerprint density at radius 3 is 3.05 bits per heavy atom. The first-order valence-corrected chi connectivity index (χ1v) is 7.57. The molecular formula is C14H24N4O3. The number of hydrogen-bond donors (Lipinski definition) is 1. The van der Waals surface area contributed by atoms with Crippen LogP contribution in [0, 0.1) is 5.92 Å². The maximum atomic E-state index is 11.9. The number of nitrogens with one attached hydrogen (secondary N) is 1. The Labute approximate surface area is 125 Å². The molecule has 1 unspecified atom stereocenters. The number of amides is 2. The highest BCUT2D eigenvalue weighted by molar-refractivity contribution is 5.73. The van der Waals surface area contributed by atoms with Gasteiger partial charge in [0.15, 0.2) is 5.82 Å². The maximum absolute atomic E-state index is 11.9. The second kappa shape index (κ2) is 7.97. The molecule has 1 aromatic rings. The van der Waals surface area contributed by atoms with Gasteiger partial charge < -0.3 is 19.5 Å². The standard InChI is InChI=1S/C14H24N4O3/c1-3-13-16-12(17-21-13)9-18(2)14(19)15-7-4-5-11-6-8-20-10-11/h11H,3-10H2,1-2H3,(H,15,19). The molecule has 1 saturated heterocycles. The van der Waals surface area contributed by atoms with Crippen LogP contribution in [0.15, 0.2) is 4.52 Å². The minimum Gasteiger partial charge on any atom is -0.381 e. The Morgan fingerprint density at radius 1 is 1.52 bits per heavy atom. The molecule has 0 radical (unpaired) electrons. The highest BCUT2D eigenvalue weighted by Crippen LogP contribution is 2.17. The Morgan fingerprint density at radius 2 is 2.38 bits per heavy atom. The molecule has 0 aromatic carbocycles. The van der Waals surface area contributed by atoms with Crippen molar-refractivity contribution < 1.29 is 14.1 Å². The van der Waals surface area contributed by atoms with E-state index in [4.69, 9.17) is 9.26 Å². The molecule has 0 saturated carbocycles. The minimum absolute atomic E-state index is 0.111. The van der Waals surface area contributed by atoms with Crippen LogP contribution in [0.3, 0.4) is 0 Å². The van der Waals surface area contributed by atoms with Crippen LogP contribution < -0.4 is 5.32 Å². The summed E-state index contributed by atoms with van der Waals surface area (Å²) in [5, 5.41) is 6.74. The van der Waals surface area contributed by atoms with Crippen LogP contribution in [0.25, 0.3) is 0 Å². The van der Waals surface area contributed by atoms with Gasteiger partial charge >= 0.3 is 6.03 Å². The minimum atomic E-state index is -0.111. The van der Waals surface area contributed by atoms with E-state index in [1.807, 2.05) is 6.92 Å². The normalized spacial score (nSPS) is 17.9. The van der Waals surface area contributed by atoms with E-state index in [0.29, 0.717) is 37.1 Å². The van der Waals surface area contributed by atoms with Gasteiger partial charge in [-0.05, 0) is 25.2 Å². The van der Waals surface area contributed by atoms with Crippen LogP contribution in [-0.4, -0.2) is 47.9 Å². The molecule has 2 heterocycles. The lowest BCUT2D eigenvalue weighted by molar-refractivity contribution is 0.183. The summed E-state index contributed by atoms with van der Waals surface area (Å²) in [7, 11) is 1.72. The first kappa shape index (κ1) is 15.8. The molecular weight excluding hydrogens is 272 g/mol. The second-order valence-electron chi connectivity index (χ2n) is 5.42. The van der Waals surface area contributed by atoms with Gasteiger partial charge in [0.1, 0.15) is 0 Å². The van der Waals surface area contributed by atoms with E-state index in [1.165, 1.54) is 0 Å². The highest BCUT2D eigenvalue weighted by Gasteiger charge is 2.16. The Balaban J connectivity index is 1.62. The lowest BCUT2D eigenvalue weighted by Gasteiger charge is -2.16. The third kappa shape index (κ3) is 5.00.